The quantitative estimate of drug-likeness (QED) is 0.726. The second kappa shape index (κ2) is 11.5. The molecule has 0 saturated carbocycles. The molecular formula is C22H28ClN3O4. The van der Waals surface area contributed by atoms with E-state index >= 15 is 0 Å². The summed E-state index contributed by atoms with van der Waals surface area (Å²) in [6, 6.07) is 12.5. The molecule has 3 rings (SSSR count). The molecule has 0 spiro atoms. The molecule has 30 heavy (non-hydrogen) atoms. The highest BCUT2D eigenvalue weighted by Crippen LogP contribution is 2.30. The Morgan fingerprint density at radius 3 is 2.67 bits per heavy atom. The van der Waals surface area contributed by atoms with Gasteiger partial charge in [0.15, 0.2) is 0 Å². The maximum Gasteiger partial charge on any atom is 0.255 e. The third-order valence-electron chi connectivity index (χ3n) is 5.19. The first-order valence-electron chi connectivity index (χ1n) is 9.75. The van der Waals surface area contributed by atoms with E-state index in [2.05, 4.69) is 10.3 Å². The minimum absolute atomic E-state index is 0. The van der Waals surface area contributed by atoms with E-state index in [0.717, 1.165) is 18.5 Å². The van der Waals surface area contributed by atoms with Crippen LogP contribution >= 0.6 is 12.4 Å². The van der Waals surface area contributed by atoms with Gasteiger partial charge in [-0.1, -0.05) is 18.2 Å². The number of methoxy groups -OCH3 is 2. The fourth-order valence-corrected chi connectivity index (χ4v) is 3.77. The number of hydrogen-bond donors (Lipinski definition) is 1. The summed E-state index contributed by atoms with van der Waals surface area (Å²) in [5.41, 5.74) is 1.25. The zero-order chi connectivity index (χ0) is 20.6. The van der Waals surface area contributed by atoms with E-state index in [1.165, 1.54) is 7.11 Å². The SMILES string of the molecule is COCC(=O)N1CCCC(C(NC(=O)c2ccccc2OC)c2ccccn2)C1.Cl. The van der Waals surface area contributed by atoms with Gasteiger partial charge in [0.25, 0.3) is 5.91 Å². The summed E-state index contributed by atoms with van der Waals surface area (Å²) >= 11 is 0. The van der Waals surface area contributed by atoms with E-state index in [9.17, 15) is 9.59 Å². The molecule has 1 aliphatic heterocycles. The van der Waals surface area contributed by atoms with Gasteiger partial charge in [-0.3, -0.25) is 14.6 Å². The number of carbonyl (C=O) groups excluding carboxylic acids is 2. The Hall–Kier alpha value is -2.64. The lowest BCUT2D eigenvalue weighted by molar-refractivity contribution is -0.137. The van der Waals surface area contributed by atoms with E-state index in [1.54, 1.807) is 31.5 Å². The number of para-hydroxylation sites is 1. The number of piperidine rings is 1. The number of aromatic nitrogens is 1. The molecule has 0 aliphatic carbocycles. The van der Waals surface area contributed by atoms with Gasteiger partial charge in [0.2, 0.25) is 5.91 Å². The van der Waals surface area contributed by atoms with Gasteiger partial charge < -0.3 is 19.7 Å². The van der Waals surface area contributed by atoms with Crippen molar-refractivity contribution < 1.29 is 19.1 Å². The number of nitrogens with zero attached hydrogens (tertiary/aromatic N) is 2. The molecule has 2 heterocycles. The molecule has 162 valence electrons. The van der Waals surface area contributed by atoms with Gasteiger partial charge >= 0.3 is 0 Å². The predicted octanol–water partition coefficient (Wildman–Crippen LogP) is 2.87. The molecule has 1 aromatic heterocycles. The van der Waals surface area contributed by atoms with Crippen LogP contribution in [0.1, 0.15) is 34.9 Å². The Bertz CT molecular complexity index is 834. The van der Waals surface area contributed by atoms with Crippen LogP contribution in [-0.2, 0) is 9.53 Å². The van der Waals surface area contributed by atoms with E-state index in [1.807, 2.05) is 29.2 Å². The molecule has 1 fully saturated rings. The Balaban J connectivity index is 0.00000320. The van der Waals surface area contributed by atoms with Crippen molar-refractivity contribution in [2.24, 2.45) is 5.92 Å². The highest BCUT2D eigenvalue weighted by atomic mass is 35.5. The number of benzene rings is 1. The third kappa shape index (κ3) is 5.70. The Kier molecular flexibility index (Phi) is 9.08. The van der Waals surface area contributed by atoms with Crippen LogP contribution in [0, 0.1) is 5.92 Å². The van der Waals surface area contributed by atoms with E-state index in [0.29, 0.717) is 24.4 Å². The van der Waals surface area contributed by atoms with Crippen LogP contribution < -0.4 is 10.1 Å². The summed E-state index contributed by atoms with van der Waals surface area (Å²) in [6.45, 7) is 1.32. The van der Waals surface area contributed by atoms with Crippen molar-refractivity contribution in [3.63, 3.8) is 0 Å². The summed E-state index contributed by atoms with van der Waals surface area (Å²) in [4.78, 5) is 31.6. The van der Waals surface area contributed by atoms with Crippen LogP contribution in [0.25, 0.3) is 0 Å². The third-order valence-corrected chi connectivity index (χ3v) is 5.19. The molecule has 8 heteroatoms. The zero-order valence-corrected chi connectivity index (χ0v) is 18.1. The van der Waals surface area contributed by atoms with Gasteiger partial charge in [0.05, 0.1) is 24.4 Å². The van der Waals surface area contributed by atoms with Crippen molar-refractivity contribution in [1.29, 1.82) is 0 Å². The zero-order valence-electron chi connectivity index (χ0n) is 17.2. The smallest absolute Gasteiger partial charge is 0.255 e. The van der Waals surface area contributed by atoms with Gasteiger partial charge in [-0.2, -0.15) is 0 Å². The number of likely N-dealkylation sites (tertiary alicyclic amines) is 1. The molecule has 7 nitrogen and oxygen atoms in total. The van der Waals surface area contributed by atoms with Gasteiger partial charge in [-0.15, -0.1) is 12.4 Å². The van der Waals surface area contributed by atoms with E-state index < -0.39 is 0 Å². The maximum atomic E-state index is 13.0. The lowest BCUT2D eigenvalue weighted by Crippen LogP contribution is -2.46. The monoisotopic (exact) mass is 433 g/mol. The Morgan fingerprint density at radius 1 is 1.20 bits per heavy atom. The fraction of sp³-hybridized carbons (Fsp3) is 0.409. The van der Waals surface area contributed by atoms with Crippen LogP contribution in [0.15, 0.2) is 48.7 Å². The number of hydrogen-bond acceptors (Lipinski definition) is 5. The number of amides is 2. The maximum absolute atomic E-state index is 13.0. The van der Waals surface area contributed by atoms with E-state index in [-0.39, 0.29) is 42.8 Å². The number of ether oxygens (including phenoxy) is 2. The van der Waals surface area contributed by atoms with Gasteiger partial charge in [-0.05, 0) is 37.1 Å². The molecule has 0 radical (unpaired) electrons. The number of halogens is 1. The molecule has 2 amide bonds. The summed E-state index contributed by atoms with van der Waals surface area (Å²) in [5, 5.41) is 3.13. The van der Waals surface area contributed by atoms with Crippen molar-refractivity contribution in [2.75, 3.05) is 33.9 Å². The molecule has 1 N–H and O–H groups in total. The molecule has 1 aromatic carbocycles. The first-order chi connectivity index (χ1) is 14.1. The molecule has 2 aromatic rings. The minimum Gasteiger partial charge on any atom is -0.496 e. The first-order valence-corrected chi connectivity index (χ1v) is 9.75. The van der Waals surface area contributed by atoms with Crippen LogP contribution in [0.3, 0.4) is 0 Å². The van der Waals surface area contributed by atoms with Crippen molar-refractivity contribution >= 4 is 24.2 Å². The molecule has 1 saturated heterocycles. The standard InChI is InChI=1S/C22H27N3O4.ClH/c1-28-15-20(26)25-13-7-8-16(14-25)21(18-10-5-6-12-23-18)24-22(27)17-9-3-4-11-19(17)29-2;/h3-6,9-12,16,21H,7-8,13-15H2,1-2H3,(H,24,27);1H. The molecule has 1 aliphatic rings. The normalized spacial score (nSPS) is 16.9. The van der Waals surface area contributed by atoms with Crippen LogP contribution in [-0.4, -0.2) is 55.6 Å². The highest BCUT2D eigenvalue weighted by Gasteiger charge is 2.32. The molecule has 2 unspecified atom stereocenters. The summed E-state index contributed by atoms with van der Waals surface area (Å²) in [5.74, 6) is 0.315. The molecule has 2 atom stereocenters. The van der Waals surface area contributed by atoms with Crippen molar-refractivity contribution in [3.8, 4) is 5.75 Å². The fourth-order valence-electron chi connectivity index (χ4n) is 3.77. The first kappa shape index (κ1) is 23.6. The minimum atomic E-state index is -0.313. The average molecular weight is 434 g/mol. The van der Waals surface area contributed by atoms with Gasteiger partial charge in [-0.25, -0.2) is 0 Å². The Morgan fingerprint density at radius 2 is 1.97 bits per heavy atom. The van der Waals surface area contributed by atoms with Crippen LogP contribution in [0.2, 0.25) is 0 Å². The summed E-state index contributed by atoms with van der Waals surface area (Å²) in [6.07, 6.45) is 3.48. The molecular weight excluding hydrogens is 406 g/mol. The summed E-state index contributed by atoms with van der Waals surface area (Å²) in [7, 11) is 3.06. The molecule has 0 bridgehead atoms. The lowest BCUT2D eigenvalue weighted by atomic mass is 9.88. The summed E-state index contributed by atoms with van der Waals surface area (Å²) < 4.78 is 10.3. The largest absolute Gasteiger partial charge is 0.496 e. The average Bonchev–Trinajstić information content (AvgIpc) is 2.78. The van der Waals surface area contributed by atoms with Crippen molar-refractivity contribution in [2.45, 2.75) is 18.9 Å². The Labute approximate surface area is 183 Å². The van der Waals surface area contributed by atoms with Crippen molar-refractivity contribution in [1.82, 2.24) is 15.2 Å². The number of nitrogens with one attached hydrogen (secondary N) is 1. The number of rotatable bonds is 7. The van der Waals surface area contributed by atoms with E-state index in [4.69, 9.17) is 9.47 Å². The topological polar surface area (TPSA) is 80.8 Å². The number of carbonyl (C=O) groups is 2. The number of pyridine rings is 1. The highest BCUT2D eigenvalue weighted by molar-refractivity contribution is 5.97. The van der Waals surface area contributed by atoms with Crippen LogP contribution in [0.5, 0.6) is 5.75 Å². The van der Waals surface area contributed by atoms with Gasteiger partial charge in [0, 0.05) is 32.3 Å². The van der Waals surface area contributed by atoms with Crippen molar-refractivity contribution in [3.05, 3.63) is 59.9 Å². The second-order valence-corrected chi connectivity index (χ2v) is 7.08. The lowest BCUT2D eigenvalue weighted by Gasteiger charge is -2.37. The van der Waals surface area contributed by atoms with Gasteiger partial charge in [0.1, 0.15) is 12.4 Å². The predicted molar refractivity (Wildman–Crippen MR) is 116 cm³/mol. The van der Waals surface area contributed by atoms with Crippen LogP contribution in [0.4, 0.5) is 0 Å². The second-order valence-electron chi connectivity index (χ2n) is 7.08.